The van der Waals surface area contributed by atoms with Gasteiger partial charge in [-0.3, -0.25) is 9.59 Å². The van der Waals surface area contributed by atoms with Crippen LogP contribution in [0.1, 0.15) is 13.3 Å². The molecule has 0 aliphatic carbocycles. The van der Waals surface area contributed by atoms with Crippen molar-refractivity contribution in [1.82, 2.24) is 24.8 Å². The maximum atomic E-state index is 13.0. The highest BCUT2D eigenvalue weighted by Crippen LogP contribution is 2.28. The molecule has 1 aliphatic rings. The third-order valence-corrected chi connectivity index (χ3v) is 6.20. The van der Waals surface area contributed by atoms with Gasteiger partial charge in [0.1, 0.15) is 5.02 Å². The number of likely N-dealkylation sites (N-methyl/N-ethyl adjacent to an activating group) is 2. The molecular formula is C24H30ClN7O3. The van der Waals surface area contributed by atoms with Crippen molar-refractivity contribution in [2.24, 2.45) is 0 Å². The zero-order chi connectivity index (χ0) is 24.9. The molecule has 1 saturated heterocycles. The highest BCUT2D eigenvalue weighted by Gasteiger charge is 2.18. The summed E-state index contributed by atoms with van der Waals surface area (Å²) in [5.41, 5.74) is 1.27. The number of carbonyl (C=O) groups excluding carboxylic acids is 1. The molecule has 2 aromatic heterocycles. The second-order valence-corrected chi connectivity index (χ2v) is 8.89. The fraction of sp³-hybridized carbons (Fsp3) is 0.417. The molecule has 0 spiro atoms. The van der Waals surface area contributed by atoms with Crippen molar-refractivity contribution in [3.63, 3.8) is 0 Å². The Kier molecular flexibility index (Phi) is 7.72. The van der Waals surface area contributed by atoms with Crippen LogP contribution < -0.4 is 25.8 Å². The molecule has 11 heteroatoms. The third kappa shape index (κ3) is 5.66. The Morgan fingerprint density at radius 3 is 2.69 bits per heavy atom. The third-order valence-electron chi connectivity index (χ3n) is 5.93. The van der Waals surface area contributed by atoms with Gasteiger partial charge >= 0.3 is 0 Å². The monoisotopic (exact) mass is 499 g/mol. The highest BCUT2D eigenvalue weighted by molar-refractivity contribution is 6.32. The van der Waals surface area contributed by atoms with Gasteiger partial charge in [-0.15, -0.1) is 0 Å². The molecule has 2 N–H and O–H groups in total. The van der Waals surface area contributed by atoms with E-state index in [9.17, 15) is 9.59 Å². The lowest BCUT2D eigenvalue weighted by atomic mass is 10.1. The van der Waals surface area contributed by atoms with E-state index in [4.69, 9.17) is 16.3 Å². The van der Waals surface area contributed by atoms with Gasteiger partial charge in [0.05, 0.1) is 11.7 Å². The minimum Gasteiger partial charge on any atom is -0.478 e. The van der Waals surface area contributed by atoms with Crippen LogP contribution in [0.25, 0.3) is 10.9 Å². The molecule has 3 aromatic rings. The molecule has 1 amide bonds. The molecule has 10 nitrogen and oxygen atoms in total. The number of aromatic nitrogens is 3. The van der Waals surface area contributed by atoms with Crippen LogP contribution in [0.2, 0.25) is 5.02 Å². The molecule has 35 heavy (non-hydrogen) atoms. The number of carbonyl (C=O) groups is 1. The van der Waals surface area contributed by atoms with Crippen molar-refractivity contribution in [2.75, 3.05) is 57.1 Å². The van der Waals surface area contributed by atoms with Crippen molar-refractivity contribution < 1.29 is 9.53 Å². The van der Waals surface area contributed by atoms with Crippen molar-refractivity contribution in [3.05, 3.63) is 45.8 Å². The second-order valence-electron chi connectivity index (χ2n) is 8.48. The van der Waals surface area contributed by atoms with Crippen LogP contribution in [0.15, 0.2) is 35.3 Å². The lowest BCUT2D eigenvalue weighted by molar-refractivity contribution is -0.122. The van der Waals surface area contributed by atoms with E-state index in [1.54, 1.807) is 16.8 Å². The first-order valence-corrected chi connectivity index (χ1v) is 12.0. The number of rotatable bonds is 8. The smallest absolute Gasteiger partial charge is 0.293 e. The summed E-state index contributed by atoms with van der Waals surface area (Å²) >= 11 is 6.41. The highest BCUT2D eigenvalue weighted by atomic mass is 35.5. The van der Waals surface area contributed by atoms with Gasteiger partial charge in [0.15, 0.2) is 18.2 Å². The number of piperazine rings is 1. The quantitative estimate of drug-likeness (QED) is 0.487. The number of benzene rings is 1. The molecular weight excluding hydrogens is 470 g/mol. The van der Waals surface area contributed by atoms with E-state index in [0.29, 0.717) is 23.3 Å². The Labute approximate surface area is 208 Å². The van der Waals surface area contributed by atoms with Crippen LogP contribution in [0.5, 0.6) is 5.75 Å². The standard InChI is InChI=1S/C24H30ClN7O3/c1-4-7-32-19-6-5-17(12-16(19)13-20(23(32)34)35-15-21(33)26-2)28-22-18(25)14-27-24(29-22)31-10-8-30(3)9-11-31/h5-6,12-14H,4,7-11,15H2,1-3H3,(H,26,33)(H,27,28,29). The zero-order valence-corrected chi connectivity index (χ0v) is 20.9. The van der Waals surface area contributed by atoms with E-state index in [2.05, 4.69) is 37.4 Å². The molecule has 0 unspecified atom stereocenters. The largest absolute Gasteiger partial charge is 0.478 e. The van der Waals surface area contributed by atoms with E-state index < -0.39 is 0 Å². The molecule has 0 atom stereocenters. The molecule has 0 bridgehead atoms. The number of halogens is 1. The maximum Gasteiger partial charge on any atom is 0.293 e. The van der Waals surface area contributed by atoms with Gasteiger partial charge in [-0.2, -0.15) is 4.98 Å². The number of ether oxygens (including phenoxy) is 1. The van der Waals surface area contributed by atoms with E-state index in [-0.39, 0.29) is 23.8 Å². The van der Waals surface area contributed by atoms with Gasteiger partial charge in [0.25, 0.3) is 11.5 Å². The van der Waals surface area contributed by atoms with Gasteiger partial charge in [0, 0.05) is 50.8 Å². The van der Waals surface area contributed by atoms with Crippen LogP contribution in [0.3, 0.4) is 0 Å². The summed E-state index contributed by atoms with van der Waals surface area (Å²) in [6, 6.07) is 7.33. The Balaban J connectivity index is 1.65. The van der Waals surface area contributed by atoms with E-state index in [0.717, 1.165) is 49.2 Å². The average molecular weight is 500 g/mol. The summed E-state index contributed by atoms with van der Waals surface area (Å²) in [6.45, 7) is 5.90. The molecule has 1 aromatic carbocycles. The maximum absolute atomic E-state index is 13.0. The summed E-state index contributed by atoms with van der Waals surface area (Å²) < 4.78 is 7.20. The summed E-state index contributed by atoms with van der Waals surface area (Å²) in [7, 11) is 3.62. The van der Waals surface area contributed by atoms with Crippen molar-refractivity contribution in [1.29, 1.82) is 0 Å². The number of aryl methyl sites for hydroxylation is 1. The van der Waals surface area contributed by atoms with Crippen LogP contribution in [-0.4, -0.2) is 72.2 Å². The number of hydrogen-bond acceptors (Lipinski definition) is 8. The van der Waals surface area contributed by atoms with Gasteiger partial charge in [-0.05, 0) is 37.7 Å². The van der Waals surface area contributed by atoms with Crippen LogP contribution >= 0.6 is 11.6 Å². The van der Waals surface area contributed by atoms with E-state index >= 15 is 0 Å². The van der Waals surface area contributed by atoms with Crippen LogP contribution in [0.4, 0.5) is 17.5 Å². The first-order valence-electron chi connectivity index (χ1n) is 11.6. The number of nitrogens with zero attached hydrogens (tertiary/aromatic N) is 5. The SMILES string of the molecule is CCCn1c(=O)c(OCC(=O)NC)cc2cc(Nc3nc(N4CCN(C)CC4)ncc3Cl)ccc21. The topological polar surface area (TPSA) is 105 Å². The Morgan fingerprint density at radius 2 is 1.97 bits per heavy atom. The summed E-state index contributed by atoms with van der Waals surface area (Å²) in [4.78, 5) is 38.1. The number of amides is 1. The van der Waals surface area contributed by atoms with E-state index in [1.165, 1.54) is 7.05 Å². The van der Waals surface area contributed by atoms with Crippen molar-refractivity contribution >= 4 is 45.9 Å². The van der Waals surface area contributed by atoms with Gasteiger partial charge in [0.2, 0.25) is 5.95 Å². The van der Waals surface area contributed by atoms with Gasteiger partial charge < -0.3 is 29.7 Å². The fourth-order valence-corrected chi connectivity index (χ4v) is 4.08. The van der Waals surface area contributed by atoms with E-state index in [1.807, 2.05) is 25.1 Å². The predicted octanol–water partition coefficient (Wildman–Crippen LogP) is 2.48. The summed E-state index contributed by atoms with van der Waals surface area (Å²) in [5, 5.41) is 6.98. The zero-order valence-electron chi connectivity index (χ0n) is 20.2. The number of pyridine rings is 1. The second kappa shape index (κ2) is 10.9. The van der Waals surface area contributed by atoms with Crippen molar-refractivity contribution in [3.8, 4) is 5.75 Å². The minimum absolute atomic E-state index is 0.129. The number of nitrogens with one attached hydrogen (secondary N) is 2. The molecule has 1 fully saturated rings. The Bertz CT molecular complexity index is 1270. The predicted molar refractivity (Wildman–Crippen MR) is 138 cm³/mol. The molecule has 1 aliphatic heterocycles. The molecule has 0 radical (unpaired) electrons. The van der Waals surface area contributed by atoms with Gasteiger partial charge in [-0.25, -0.2) is 4.98 Å². The number of hydrogen-bond donors (Lipinski definition) is 2. The average Bonchev–Trinajstić information content (AvgIpc) is 2.86. The first kappa shape index (κ1) is 24.7. The Hall–Kier alpha value is -3.37. The normalized spacial score (nSPS) is 14.2. The molecule has 4 rings (SSSR count). The number of fused-ring (bicyclic) bond motifs is 1. The van der Waals surface area contributed by atoms with Crippen LogP contribution in [0, 0.1) is 0 Å². The van der Waals surface area contributed by atoms with Crippen LogP contribution in [-0.2, 0) is 11.3 Å². The fourth-order valence-electron chi connectivity index (χ4n) is 3.94. The summed E-state index contributed by atoms with van der Waals surface area (Å²) in [5.74, 6) is 0.959. The number of anilines is 3. The lowest BCUT2D eigenvalue weighted by Gasteiger charge is -2.32. The molecule has 186 valence electrons. The minimum atomic E-state index is -0.309. The summed E-state index contributed by atoms with van der Waals surface area (Å²) in [6.07, 6.45) is 2.38. The lowest BCUT2D eigenvalue weighted by Crippen LogP contribution is -2.45. The van der Waals surface area contributed by atoms with Crippen molar-refractivity contribution in [2.45, 2.75) is 19.9 Å². The van der Waals surface area contributed by atoms with Gasteiger partial charge in [-0.1, -0.05) is 18.5 Å². The Morgan fingerprint density at radius 1 is 1.20 bits per heavy atom. The molecule has 0 saturated carbocycles. The first-order chi connectivity index (χ1) is 16.9. The molecule has 3 heterocycles.